The minimum Gasteiger partial charge on any atom is -0.486 e. The van der Waals surface area contributed by atoms with Gasteiger partial charge < -0.3 is 18.8 Å². The molecule has 0 saturated heterocycles. The predicted octanol–water partition coefficient (Wildman–Crippen LogP) is 5.17. The Bertz CT molecular complexity index is 1340. The SMILES string of the molecule is Cc1cc(C(=O)COC(=O)c2csc(-c3ccsc3)n2)c(C)n1CC1COc2ccccc2O1. The third-order valence-electron chi connectivity index (χ3n) is 5.64. The summed E-state index contributed by atoms with van der Waals surface area (Å²) in [6.45, 7) is 4.45. The molecule has 3 aromatic heterocycles. The smallest absolute Gasteiger partial charge is 0.358 e. The molecule has 4 heterocycles. The highest BCUT2D eigenvalue weighted by Gasteiger charge is 2.24. The Morgan fingerprint density at radius 2 is 2.00 bits per heavy atom. The van der Waals surface area contributed by atoms with Crippen LogP contribution in [0.25, 0.3) is 10.6 Å². The van der Waals surface area contributed by atoms with E-state index in [1.807, 2.05) is 65.6 Å². The average Bonchev–Trinajstić information content (AvgIpc) is 3.60. The van der Waals surface area contributed by atoms with Crippen molar-refractivity contribution in [2.75, 3.05) is 13.2 Å². The van der Waals surface area contributed by atoms with Gasteiger partial charge in [0.2, 0.25) is 5.78 Å². The summed E-state index contributed by atoms with van der Waals surface area (Å²) >= 11 is 2.94. The molecular weight excluding hydrogens is 472 g/mol. The lowest BCUT2D eigenvalue weighted by molar-refractivity contribution is 0.0469. The van der Waals surface area contributed by atoms with Gasteiger partial charge in [0.15, 0.2) is 29.9 Å². The number of esters is 1. The van der Waals surface area contributed by atoms with Crippen molar-refractivity contribution in [2.45, 2.75) is 26.5 Å². The molecule has 0 spiro atoms. The van der Waals surface area contributed by atoms with E-state index in [4.69, 9.17) is 14.2 Å². The first-order valence-corrected chi connectivity index (χ1v) is 12.6. The van der Waals surface area contributed by atoms with Crippen molar-refractivity contribution in [1.82, 2.24) is 9.55 Å². The molecule has 0 bridgehead atoms. The van der Waals surface area contributed by atoms with Crippen molar-refractivity contribution in [1.29, 1.82) is 0 Å². The summed E-state index contributed by atoms with van der Waals surface area (Å²) in [6, 6.07) is 11.3. The van der Waals surface area contributed by atoms with Crippen LogP contribution in [0.5, 0.6) is 11.5 Å². The van der Waals surface area contributed by atoms with Gasteiger partial charge >= 0.3 is 5.97 Å². The van der Waals surface area contributed by atoms with Crippen LogP contribution in [-0.4, -0.2) is 40.6 Å². The first kappa shape index (κ1) is 22.4. The molecule has 34 heavy (non-hydrogen) atoms. The average molecular weight is 495 g/mol. The van der Waals surface area contributed by atoms with Crippen molar-refractivity contribution in [3.63, 3.8) is 0 Å². The molecule has 0 saturated carbocycles. The molecule has 1 aliphatic heterocycles. The van der Waals surface area contributed by atoms with Crippen LogP contribution < -0.4 is 9.47 Å². The number of thiophene rings is 1. The standard InChI is InChI=1S/C25H22N2O5S2/c1-15-9-19(16(2)27(15)10-18-11-30-22-5-3-4-6-23(22)32-18)21(28)12-31-25(29)20-14-34-24(26-20)17-7-8-33-13-17/h3-9,13-14,18H,10-12H2,1-2H3. The molecule has 1 aliphatic rings. The van der Waals surface area contributed by atoms with Crippen LogP contribution >= 0.6 is 22.7 Å². The molecule has 0 fully saturated rings. The summed E-state index contributed by atoms with van der Waals surface area (Å²) in [5.41, 5.74) is 3.43. The highest BCUT2D eigenvalue weighted by molar-refractivity contribution is 7.14. The highest BCUT2D eigenvalue weighted by Crippen LogP contribution is 2.32. The van der Waals surface area contributed by atoms with E-state index in [9.17, 15) is 9.59 Å². The second-order valence-corrected chi connectivity index (χ2v) is 9.58. The van der Waals surface area contributed by atoms with E-state index in [2.05, 4.69) is 4.98 Å². The molecule has 0 amide bonds. The number of para-hydroxylation sites is 2. The maximum atomic E-state index is 12.9. The van der Waals surface area contributed by atoms with Crippen molar-refractivity contribution in [2.24, 2.45) is 0 Å². The molecule has 0 N–H and O–H groups in total. The fourth-order valence-corrected chi connectivity index (χ4v) is 5.39. The molecule has 9 heteroatoms. The van der Waals surface area contributed by atoms with Crippen molar-refractivity contribution >= 4 is 34.4 Å². The number of hydrogen-bond acceptors (Lipinski definition) is 8. The van der Waals surface area contributed by atoms with Crippen molar-refractivity contribution < 1.29 is 23.8 Å². The van der Waals surface area contributed by atoms with E-state index in [-0.39, 0.29) is 24.2 Å². The molecule has 1 aromatic carbocycles. The third kappa shape index (κ3) is 4.49. The Morgan fingerprint density at radius 3 is 2.79 bits per heavy atom. The summed E-state index contributed by atoms with van der Waals surface area (Å²) in [6.07, 6.45) is -0.178. The van der Waals surface area contributed by atoms with E-state index in [1.54, 1.807) is 16.7 Å². The first-order chi connectivity index (χ1) is 16.5. The molecule has 0 aliphatic carbocycles. The molecule has 0 radical (unpaired) electrons. The Labute approximate surface area is 204 Å². The second kappa shape index (κ2) is 9.44. The summed E-state index contributed by atoms with van der Waals surface area (Å²) in [5, 5.41) is 6.32. The monoisotopic (exact) mass is 494 g/mol. The van der Waals surface area contributed by atoms with E-state index in [1.165, 1.54) is 11.3 Å². The number of hydrogen-bond donors (Lipinski definition) is 0. The summed E-state index contributed by atoms with van der Waals surface area (Å²) in [5.74, 6) is 0.590. The zero-order valence-corrected chi connectivity index (χ0v) is 20.3. The van der Waals surface area contributed by atoms with Crippen molar-refractivity contribution in [3.8, 4) is 22.1 Å². The number of carbonyl (C=O) groups is 2. The van der Waals surface area contributed by atoms with E-state index in [0.717, 1.165) is 27.7 Å². The fourth-order valence-electron chi connectivity index (χ4n) is 3.89. The predicted molar refractivity (Wildman–Crippen MR) is 130 cm³/mol. The number of rotatable bonds is 7. The number of carbonyl (C=O) groups excluding carboxylic acids is 2. The number of aromatic nitrogens is 2. The molecule has 5 rings (SSSR count). The molecule has 174 valence electrons. The van der Waals surface area contributed by atoms with Crippen LogP contribution in [0.3, 0.4) is 0 Å². The summed E-state index contributed by atoms with van der Waals surface area (Å²) in [7, 11) is 0. The maximum Gasteiger partial charge on any atom is 0.358 e. The van der Waals surface area contributed by atoms with E-state index in [0.29, 0.717) is 24.5 Å². The van der Waals surface area contributed by atoms with Crippen LogP contribution in [-0.2, 0) is 11.3 Å². The van der Waals surface area contributed by atoms with Gasteiger partial charge in [-0.15, -0.1) is 11.3 Å². The van der Waals surface area contributed by atoms with Gasteiger partial charge in [-0.3, -0.25) is 4.79 Å². The van der Waals surface area contributed by atoms with Gasteiger partial charge in [-0.05, 0) is 43.5 Å². The summed E-state index contributed by atoms with van der Waals surface area (Å²) < 4.78 is 19.2. The number of benzene rings is 1. The van der Waals surface area contributed by atoms with Gasteiger partial charge in [-0.1, -0.05) is 12.1 Å². The van der Waals surface area contributed by atoms with Crippen LogP contribution in [0.4, 0.5) is 0 Å². The lowest BCUT2D eigenvalue weighted by Gasteiger charge is -2.27. The Morgan fingerprint density at radius 1 is 1.18 bits per heavy atom. The van der Waals surface area contributed by atoms with Gasteiger partial charge in [0.1, 0.15) is 11.6 Å². The molecular formula is C25H22N2O5S2. The minimum atomic E-state index is -0.605. The lowest BCUT2D eigenvalue weighted by atomic mass is 10.1. The number of aryl methyl sites for hydroxylation is 1. The van der Waals surface area contributed by atoms with E-state index < -0.39 is 5.97 Å². The number of thiazole rings is 1. The zero-order chi connectivity index (χ0) is 23.7. The van der Waals surface area contributed by atoms with Crippen LogP contribution in [0.1, 0.15) is 32.2 Å². The second-order valence-electron chi connectivity index (χ2n) is 7.94. The van der Waals surface area contributed by atoms with Gasteiger partial charge in [-0.2, -0.15) is 11.3 Å². The Kier molecular flexibility index (Phi) is 6.21. The van der Waals surface area contributed by atoms with Crippen LogP contribution in [0, 0.1) is 13.8 Å². The number of fused-ring (bicyclic) bond motifs is 1. The van der Waals surface area contributed by atoms with Crippen LogP contribution in [0.15, 0.2) is 52.5 Å². The van der Waals surface area contributed by atoms with Crippen LogP contribution in [0.2, 0.25) is 0 Å². The molecule has 4 aromatic rings. The number of nitrogens with zero attached hydrogens (tertiary/aromatic N) is 2. The quantitative estimate of drug-likeness (QED) is 0.261. The topological polar surface area (TPSA) is 79.7 Å². The highest BCUT2D eigenvalue weighted by atomic mass is 32.1. The molecule has 1 unspecified atom stereocenters. The van der Waals surface area contributed by atoms with E-state index >= 15 is 0 Å². The summed E-state index contributed by atoms with van der Waals surface area (Å²) in [4.78, 5) is 29.6. The number of Topliss-reactive ketones (excluding diaryl/α,β-unsaturated/α-hetero) is 1. The zero-order valence-electron chi connectivity index (χ0n) is 18.6. The Hall–Kier alpha value is -3.43. The fraction of sp³-hybridized carbons (Fsp3) is 0.240. The first-order valence-electron chi connectivity index (χ1n) is 10.7. The van der Waals surface area contributed by atoms with Gasteiger partial charge in [0.05, 0.1) is 6.54 Å². The number of ketones is 1. The molecule has 1 atom stereocenters. The Balaban J connectivity index is 1.22. The van der Waals surface area contributed by atoms with Gasteiger partial charge in [-0.25, -0.2) is 9.78 Å². The van der Waals surface area contributed by atoms with Gasteiger partial charge in [0, 0.05) is 33.3 Å². The molecule has 7 nitrogen and oxygen atoms in total. The lowest BCUT2D eigenvalue weighted by Crippen LogP contribution is -2.33. The minimum absolute atomic E-state index is 0.178. The van der Waals surface area contributed by atoms with Crippen molar-refractivity contribution in [3.05, 3.63) is 75.2 Å². The largest absolute Gasteiger partial charge is 0.486 e. The third-order valence-corrected chi connectivity index (χ3v) is 7.22. The number of ether oxygens (including phenoxy) is 3. The van der Waals surface area contributed by atoms with Gasteiger partial charge in [0.25, 0.3) is 0 Å². The normalized spacial score (nSPS) is 14.7. The maximum absolute atomic E-state index is 12.9.